The van der Waals surface area contributed by atoms with Gasteiger partial charge in [0.2, 0.25) is 0 Å². The Hall–Kier alpha value is -3.26. The predicted molar refractivity (Wildman–Crippen MR) is 105 cm³/mol. The third-order valence-electron chi connectivity index (χ3n) is 4.79. The summed E-state index contributed by atoms with van der Waals surface area (Å²) in [7, 11) is 0. The van der Waals surface area contributed by atoms with Crippen molar-refractivity contribution in [1.82, 2.24) is 9.97 Å². The monoisotopic (exact) mass is 397 g/mol. The summed E-state index contributed by atoms with van der Waals surface area (Å²) in [4.78, 5) is 22.8. The molecule has 150 valence electrons. The first-order valence-corrected chi connectivity index (χ1v) is 9.30. The number of aromatic nitrogens is 2. The topological polar surface area (TPSA) is 84.8 Å². The van der Waals surface area contributed by atoms with Crippen LogP contribution in [0.4, 0.5) is 10.2 Å². The molecule has 0 bridgehead atoms. The van der Waals surface area contributed by atoms with Crippen molar-refractivity contribution in [3.8, 4) is 5.75 Å². The van der Waals surface area contributed by atoms with Crippen LogP contribution < -0.4 is 9.64 Å². The van der Waals surface area contributed by atoms with E-state index < -0.39 is 17.9 Å². The second-order valence-corrected chi connectivity index (χ2v) is 6.78. The number of hydrogen-bond acceptors (Lipinski definition) is 6. The number of ether oxygens (including phenoxy) is 2. The number of hydrogen-bond donors (Lipinski definition) is 1. The second kappa shape index (κ2) is 8.00. The molecule has 1 aromatic heterocycles. The van der Waals surface area contributed by atoms with Crippen LogP contribution in [0.5, 0.6) is 5.75 Å². The third-order valence-corrected chi connectivity index (χ3v) is 4.79. The summed E-state index contributed by atoms with van der Waals surface area (Å²) in [6.45, 7) is 4.41. The Bertz CT molecular complexity index is 1050. The van der Waals surface area contributed by atoms with Crippen molar-refractivity contribution in [1.29, 1.82) is 0 Å². The number of carboxylic acids is 1. The maximum atomic E-state index is 13.5. The van der Waals surface area contributed by atoms with Gasteiger partial charge in [-0.2, -0.15) is 0 Å². The fourth-order valence-electron chi connectivity index (χ4n) is 3.32. The van der Waals surface area contributed by atoms with Gasteiger partial charge in [-0.3, -0.25) is 4.98 Å². The van der Waals surface area contributed by atoms with Crippen LogP contribution in [0.15, 0.2) is 42.6 Å². The highest BCUT2D eigenvalue weighted by Crippen LogP contribution is 2.29. The average molecular weight is 397 g/mol. The van der Waals surface area contributed by atoms with E-state index in [0.29, 0.717) is 54.5 Å². The third kappa shape index (κ3) is 4.12. The Kier molecular flexibility index (Phi) is 5.26. The molecule has 1 aliphatic rings. The van der Waals surface area contributed by atoms with E-state index in [0.717, 1.165) is 0 Å². The summed E-state index contributed by atoms with van der Waals surface area (Å²) in [5, 5.41) is 9.47. The van der Waals surface area contributed by atoms with Gasteiger partial charge in [0.1, 0.15) is 23.5 Å². The Morgan fingerprint density at radius 2 is 2.07 bits per heavy atom. The number of carboxylic acid groups (broad SMARTS) is 1. The van der Waals surface area contributed by atoms with Gasteiger partial charge in [-0.1, -0.05) is 6.07 Å². The molecule has 8 heteroatoms. The molecule has 7 nitrogen and oxygen atoms in total. The lowest BCUT2D eigenvalue weighted by molar-refractivity contribution is 0.0696. The summed E-state index contributed by atoms with van der Waals surface area (Å²) >= 11 is 0. The Labute approximate surface area is 166 Å². The highest BCUT2D eigenvalue weighted by molar-refractivity contribution is 5.94. The van der Waals surface area contributed by atoms with E-state index in [4.69, 9.17) is 14.5 Å². The Morgan fingerprint density at radius 1 is 1.28 bits per heavy atom. The summed E-state index contributed by atoms with van der Waals surface area (Å²) < 4.78 is 24.8. The van der Waals surface area contributed by atoms with Crippen molar-refractivity contribution in [3.63, 3.8) is 0 Å². The van der Waals surface area contributed by atoms with Gasteiger partial charge in [-0.15, -0.1) is 0 Å². The standard InChI is InChI=1S/C21H20FN3O4/c1-13(29-16-4-2-3-15(22)11-16)17-9-14(21(26)27)10-18-20(17)24-19(12-23-18)25-5-7-28-8-6-25/h2-4,9-13H,5-8H2,1H3,(H,26,27). The van der Waals surface area contributed by atoms with Crippen molar-refractivity contribution in [2.45, 2.75) is 13.0 Å². The molecule has 1 fully saturated rings. The first-order valence-electron chi connectivity index (χ1n) is 9.30. The normalized spacial score (nSPS) is 15.3. The SMILES string of the molecule is CC(Oc1cccc(F)c1)c1cc(C(=O)O)cc2ncc(N3CCOCC3)nc12. The van der Waals surface area contributed by atoms with Crippen LogP contribution >= 0.6 is 0 Å². The van der Waals surface area contributed by atoms with E-state index >= 15 is 0 Å². The van der Waals surface area contributed by atoms with E-state index in [-0.39, 0.29) is 5.56 Å². The van der Waals surface area contributed by atoms with Crippen LogP contribution in [0.3, 0.4) is 0 Å². The molecule has 0 spiro atoms. The maximum absolute atomic E-state index is 13.5. The molecule has 4 rings (SSSR count). The molecule has 1 saturated heterocycles. The van der Waals surface area contributed by atoms with Crippen LogP contribution in [0.25, 0.3) is 11.0 Å². The molecule has 3 aromatic rings. The molecule has 0 aliphatic carbocycles. The molecule has 2 aromatic carbocycles. The van der Waals surface area contributed by atoms with Crippen molar-refractivity contribution in [3.05, 3.63) is 59.5 Å². The van der Waals surface area contributed by atoms with E-state index in [1.165, 1.54) is 24.3 Å². The number of benzene rings is 2. The number of rotatable bonds is 5. The van der Waals surface area contributed by atoms with E-state index in [1.807, 2.05) is 0 Å². The fraction of sp³-hybridized carbons (Fsp3) is 0.286. The van der Waals surface area contributed by atoms with Crippen molar-refractivity contribution in [2.75, 3.05) is 31.2 Å². The van der Waals surface area contributed by atoms with Crippen LogP contribution in [0.1, 0.15) is 28.9 Å². The lowest BCUT2D eigenvalue weighted by Crippen LogP contribution is -2.36. The molecular formula is C21H20FN3O4. The second-order valence-electron chi connectivity index (χ2n) is 6.78. The summed E-state index contributed by atoms with van der Waals surface area (Å²) in [6, 6.07) is 8.84. The van der Waals surface area contributed by atoms with E-state index in [2.05, 4.69) is 9.88 Å². The van der Waals surface area contributed by atoms with Gasteiger partial charge in [0.25, 0.3) is 0 Å². The number of nitrogens with zero attached hydrogens (tertiary/aromatic N) is 3. The molecule has 1 unspecified atom stereocenters. The molecule has 2 heterocycles. The Morgan fingerprint density at radius 3 is 2.79 bits per heavy atom. The average Bonchev–Trinajstić information content (AvgIpc) is 2.73. The molecule has 0 saturated carbocycles. The highest BCUT2D eigenvalue weighted by Gasteiger charge is 2.20. The molecular weight excluding hydrogens is 377 g/mol. The molecule has 1 N–H and O–H groups in total. The summed E-state index contributed by atoms with van der Waals surface area (Å²) in [5.74, 6) is -0.426. The number of anilines is 1. The molecule has 1 atom stereocenters. The minimum Gasteiger partial charge on any atom is -0.486 e. The summed E-state index contributed by atoms with van der Waals surface area (Å²) in [6.07, 6.45) is 1.08. The Balaban J connectivity index is 1.76. The number of morpholine rings is 1. The number of carbonyl (C=O) groups is 1. The minimum absolute atomic E-state index is 0.0932. The van der Waals surface area contributed by atoms with Crippen LogP contribution in [0, 0.1) is 5.82 Å². The van der Waals surface area contributed by atoms with Gasteiger partial charge >= 0.3 is 5.97 Å². The first kappa shape index (κ1) is 19.1. The van der Waals surface area contributed by atoms with Gasteiger partial charge in [0.05, 0.1) is 36.0 Å². The molecule has 0 amide bonds. The fourth-order valence-corrected chi connectivity index (χ4v) is 3.32. The van der Waals surface area contributed by atoms with Crippen LogP contribution in [-0.4, -0.2) is 47.3 Å². The number of aromatic carboxylic acids is 1. The van der Waals surface area contributed by atoms with Gasteiger partial charge in [0.15, 0.2) is 0 Å². The van der Waals surface area contributed by atoms with Crippen LogP contribution in [-0.2, 0) is 4.74 Å². The number of fused-ring (bicyclic) bond motifs is 1. The van der Waals surface area contributed by atoms with Crippen molar-refractivity contribution in [2.24, 2.45) is 0 Å². The molecule has 1 aliphatic heterocycles. The first-order chi connectivity index (χ1) is 14.0. The minimum atomic E-state index is -1.06. The lowest BCUT2D eigenvalue weighted by Gasteiger charge is -2.28. The molecule has 0 radical (unpaired) electrons. The van der Waals surface area contributed by atoms with E-state index in [1.54, 1.807) is 25.3 Å². The van der Waals surface area contributed by atoms with Gasteiger partial charge in [-0.05, 0) is 31.2 Å². The quantitative estimate of drug-likeness (QED) is 0.706. The predicted octanol–water partition coefficient (Wildman–Crippen LogP) is 3.44. The van der Waals surface area contributed by atoms with Gasteiger partial charge in [0, 0.05) is 24.7 Å². The lowest BCUT2D eigenvalue weighted by atomic mass is 10.0. The largest absolute Gasteiger partial charge is 0.486 e. The zero-order chi connectivity index (χ0) is 20.4. The smallest absolute Gasteiger partial charge is 0.335 e. The summed E-state index contributed by atoms with van der Waals surface area (Å²) in [5.41, 5.74) is 1.69. The van der Waals surface area contributed by atoms with E-state index in [9.17, 15) is 14.3 Å². The maximum Gasteiger partial charge on any atom is 0.335 e. The van der Waals surface area contributed by atoms with Gasteiger partial charge < -0.3 is 19.5 Å². The van der Waals surface area contributed by atoms with Gasteiger partial charge in [-0.25, -0.2) is 14.2 Å². The van der Waals surface area contributed by atoms with Crippen molar-refractivity contribution < 1.29 is 23.8 Å². The molecule has 29 heavy (non-hydrogen) atoms. The zero-order valence-corrected chi connectivity index (χ0v) is 15.8. The highest BCUT2D eigenvalue weighted by atomic mass is 19.1. The van der Waals surface area contributed by atoms with Crippen molar-refractivity contribution >= 4 is 22.8 Å². The number of halogens is 1. The van der Waals surface area contributed by atoms with Crippen LogP contribution in [0.2, 0.25) is 0 Å². The zero-order valence-electron chi connectivity index (χ0n) is 15.8.